The second-order valence-corrected chi connectivity index (χ2v) is 8.85. The SMILES string of the molecule is Cc1c(S(=O)(=O)c2ccc(Cl)cc2)c(N)n(Cc2ccc(Cl)cc2)c1C. The van der Waals surface area contributed by atoms with Crippen molar-refractivity contribution >= 4 is 38.9 Å². The minimum atomic E-state index is -3.74. The summed E-state index contributed by atoms with van der Waals surface area (Å²) in [5.74, 6) is 0.227. The molecule has 0 spiro atoms. The molecule has 26 heavy (non-hydrogen) atoms. The number of nitrogen functional groups attached to an aromatic ring is 1. The van der Waals surface area contributed by atoms with Gasteiger partial charge in [-0.25, -0.2) is 8.42 Å². The summed E-state index contributed by atoms with van der Waals surface area (Å²) in [4.78, 5) is 0.312. The Morgan fingerprint density at radius 3 is 1.96 bits per heavy atom. The molecular weight excluding hydrogens is 391 g/mol. The Morgan fingerprint density at radius 2 is 1.42 bits per heavy atom. The molecule has 3 aromatic rings. The number of aromatic nitrogens is 1. The standard InChI is InChI=1S/C19H18Cl2N2O2S/c1-12-13(2)23(11-14-3-5-15(20)6-4-14)19(22)18(12)26(24,25)17-9-7-16(21)8-10-17/h3-10H,11,22H2,1-2H3. The van der Waals surface area contributed by atoms with Crippen molar-refractivity contribution in [1.82, 2.24) is 4.57 Å². The molecule has 136 valence electrons. The Kier molecular flexibility index (Phi) is 5.06. The van der Waals surface area contributed by atoms with Gasteiger partial charge in [-0.05, 0) is 61.4 Å². The third-order valence-electron chi connectivity index (χ3n) is 4.46. The van der Waals surface area contributed by atoms with Gasteiger partial charge in [-0.15, -0.1) is 0 Å². The molecule has 0 aliphatic carbocycles. The highest BCUT2D eigenvalue weighted by Gasteiger charge is 2.28. The largest absolute Gasteiger partial charge is 0.384 e. The van der Waals surface area contributed by atoms with Crippen LogP contribution in [0, 0.1) is 13.8 Å². The molecule has 0 saturated heterocycles. The highest BCUT2D eigenvalue weighted by atomic mass is 35.5. The number of nitrogens with two attached hydrogens (primary N) is 1. The van der Waals surface area contributed by atoms with Crippen molar-refractivity contribution in [3.8, 4) is 0 Å². The molecule has 0 fully saturated rings. The molecule has 3 rings (SSSR count). The lowest BCUT2D eigenvalue weighted by Gasteiger charge is -2.10. The summed E-state index contributed by atoms with van der Waals surface area (Å²) in [5, 5.41) is 1.12. The Bertz CT molecular complexity index is 1050. The van der Waals surface area contributed by atoms with Gasteiger partial charge < -0.3 is 10.3 Å². The molecule has 0 unspecified atom stereocenters. The predicted octanol–water partition coefficient (Wildman–Crippen LogP) is 4.88. The molecule has 0 saturated carbocycles. The van der Waals surface area contributed by atoms with Crippen LogP contribution in [-0.4, -0.2) is 13.0 Å². The zero-order chi connectivity index (χ0) is 19.1. The summed E-state index contributed by atoms with van der Waals surface area (Å²) < 4.78 is 28.0. The van der Waals surface area contributed by atoms with Gasteiger partial charge in [0.2, 0.25) is 9.84 Å². The third-order valence-corrected chi connectivity index (χ3v) is 6.91. The average molecular weight is 409 g/mol. The second-order valence-electron chi connectivity index (χ2n) is 6.09. The molecule has 4 nitrogen and oxygen atoms in total. The lowest BCUT2D eigenvalue weighted by atomic mass is 10.2. The first kappa shape index (κ1) is 18.8. The summed E-state index contributed by atoms with van der Waals surface area (Å²) >= 11 is 11.8. The van der Waals surface area contributed by atoms with Gasteiger partial charge in [0, 0.05) is 22.3 Å². The fraction of sp³-hybridized carbons (Fsp3) is 0.158. The lowest BCUT2D eigenvalue weighted by Crippen LogP contribution is -2.09. The number of rotatable bonds is 4. The quantitative estimate of drug-likeness (QED) is 0.668. The zero-order valence-corrected chi connectivity index (χ0v) is 16.7. The summed E-state index contributed by atoms with van der Waals surface area (Å²) in [7, 11) is -3.74. The van der Waals surface area contributed by atoms with E-state index in [1.807, 2.05) is 19.1 Å². The number of halogens is 2. The highest BCUT2D eigenvalue weighted by molar-refractivity contribution is 7.91. The van der Waals surface area contributed by atoms with Crippen molar-refractivity contribution in [2.75, 3.05) is 5.73 Å². The first-order valence-corrected chi connectivity index (χ1v) is 10.2. The van der Waals surface area contributed by atoms with Crippen LogP contribution in [0.3, 0.4) is 0 Å². The maximum atomic E-state index is 13.1. The maximum Gasteiger partial charge on any atom is 0.210 e. The number of hydrogen-bond acceptors (Lipinski definition) is 3. The molecule has 1 aromatic heterocycles. The average Bonchev–Trinajstić information content (AvgIpc) is 2.81. The minimum Gasteiger partial charge on any atom is -0.384 e. The van der Waals surface area contributed by atoms with Crippen LogP contribution in [0.25, 0.3) is 0 Å². The topological polar surface area (TPSA) is 65.1 Å². The molecule has 0 bridgehead atoms. The zero-order valence-electron chi connectivity index (χ0n) is 14.3. The van der Waals surface area contributed by atoms with E-state index in [9.17, 15) is 8.42 Å². The van der Waals surface area contributed by atoms with E-state index in [0.717, 1.165) is 11.3 Å². The molecule has 2 N–H and O–H groups in total. The monoisotopic (exact) mass is 408 g/mol. The van der Waals surface area contributed by atoms with Crippen molar-refractivity contribution in [3.05, 3.63) is 75.4 Å². The lowest BCUT2D eigenvalue weighted by molar-refractivity contribution is 0.596. The first-order valence-electron chi connectivity index (χ1n) is 7.92. The van der Waals surface area contributed by atoms with E-state index in [-0.39, 0.29) is 15.6 Å². The van der Waals surface area contributed by atoms with E-state index in [1.165, 1.54) is 12.1 Å². The fourth-order valence-electron chi connectivity index (χ4n) is 2.91. The summed E-state index contributed by atoms with van der Waals surface area (Å²) in [6.45, 7) is 4.10. The molecule has 0 radical (unpaired) electrons. The maximum absolute atomic E-state index is 13.1. The highest BCUT2D eigenvalue weighted by Crippen LogP contribution is 2.34. The Hall–Kier alpha value is -1.95. The van der Waals surface area contributed by atoms with E-state index in [4.69, 9.17) is 28.9 Å². The molecule has 7 heteroatoms. The molecule has 0 aliphatic heterocycles. The molecular formula is C19H18Cl2N2O2S. The van der Waals surface area contributed by atoms with Crippen molar-refractivity contribution in [2.24, 2.45) is 0 Å². The van der Waals surface area contributed by atoms with E-state index < -0.39 is 9.84 Å². The van der Waals surface area contributed by atoms with Crippen molar-refractivity contribution in [2.45, 2.75) is 30.2 Å². The fourth-order valence-corrected chi connectivity index (χ4v) is 4.83. The van der Waals surface area contributed by atoms with Crippen LogP contribution in [0.4, 0.5) is 5.82 Å². The van der Waals surface area contributed by atoms with Crippen molar-refractivity contribution in [3.63, 3.8) is 0 Å². The van der Waals surface area contributed by atoms with Gasteiger partial charge >= 0.3 is 0 Å². The van der Waals surface area contributed by atoms with Crippen LogP contribution in [0.15, 0.2) is 58.3 Å². The number of nitrogens with zero attached hydrogens (tertiary/aromatic N) is 1. The van der Waals surface area contributed by atoms with Crippen LogP contribution in [0.5, 0.6) is 0 Å². The summed E-state index contributed by atoms with van der Waals surface area (Å²) in [5.41, 5.74) is 8.70. The molecule has 2 aromatic carbocycles. The minimum absolute atomic E-state index is 0.145. The molecule has 0 atom stereocenters. The Morgan fingerprint density at radius 1 is 0.923 bits per heavy atom. The first-order chi connectivity index (χ1) is 12.2. The van der Waals surface area contributed by atoms with Gasteiger partial charge in [0.1, 0.15) is 10.7 Å². The van der Waals surface area contributed by atoms with E-state index in [1.54, 1.807) is 35.8 Å². The summed E-state index contributed by atoms with van der Waals surface area (Å²) in [6.07, 6.45) is 0. The molecule has 0 aliphatic rings. The van der Waals surface area contributed by atoms with Crippen LogP contribution in [0.2, 0.25) is 10.0 Å². The van der Waals surface area contributed by atoms with E-state index in [0.29, 0.717) is 22.2 Å². The number of anilines is 1. The smallest absolute Gasteiger partial charge is 0.210 e. The van der Waals surface area contributed by atoms with Gasteiger partial charge in [0.25, 0.3) is 0 Å². The third kappa shape index (κ3) is 3.34. The van der Waals surface area contributed by atoms with Gasteiger partial charge in [-0.1, -0.05) is 35.3 Å². The van der Waals surface area contributed by atoms with Gasteiger partial charge in [-0.3, -0.25) is 0 Å². The van der Waals surface area contributed by atoms with E-state index in [2.05, 4.69) is 0 Å². The van der Waals surface area contributed by atoms with Gasteiger partial charge in [0.05, 0.1) is 4.90 Å². The molecule has 0 amide bonds. The van der Waals surface area contributed by atoms with Crippen LogP contribution < -0.4 is 5.73 Å². The molecule has 1 heterocycles. The van der Waals surface area contributed by atoms with Crippen LogP contribution in [0.1, 0.15) is 16.8 Å². The Balaban J connectivity index is 2.09. The predicted molar refractivity (Wildman–Crippen MR) is 106 cm³/mol. The van der Waals surface area contributed by atoms with Crippen molar-refractivity contribution < 1.29 is 8.42 Å². The van der Waals surface area contributed by atoms with Crippen LogP contribution in [-0.2, 0) is 16.4 Å². The van der Waals surface area contributed by atoms with E-state index >= 15 is 0 Å². The normalized spacial score (nSPS) is 11.7. The van der Waals surface area contributed by atoms with Gasteiger partial charge in [0.15, 0.2) is 0 Å². The second kappa shape index (κ2) is 6.99. The summed E-state index contributed by atoms with van der Waals surface area (Å²) in [6, 6.07) is 13.5. The number of hydrogen-bond donors (Lipinski definition) is 1. The number of benzene rings is 2. The number of sulfone groups is 1. The van der Waals surface area contributed by atoms with Crippen molar-refractivity contribution in [1.29, 1.82) is 0 Å². The van der Waals surface area contributed by atoms with Gasteiger partial charge in [-0.2, -0.15) is 0 Å². The Labute approximate surface area is 163 Å². The van der Waals surface area contributed by atoms with Crippen LogP contribution >= 0.6 is 23.2 Å².